The van der Waals surface area contributed by atoms with Gasteiger partial charge in [0.15, 0.2) is 10.9 Å². The summed E-state index contributed by atoms with van der Waals surface area (Å²) in [6.45, 7) is 7.26. The van der Waals surface area contributed by atoms with Crippen molar-refractivity contribution in [2.24, 2.45) is 0 Å². The molecule has 0 aliphatic carbocycles. The number of carbonyl (C=O) groups excluding carboxylic acids is 1. The number of thiocarbonyl (C=S) groups is 1. The van der Waals surface area contributed by atoms with Crippen molar-refractivity contribution < 1.29 is 4.79 Å². The van der Waals surface area contributed by atoms with Crippen LogP contribution < -0.4 is 10.6 Å². The van der Waals surface area contributed by atoms with Gasteiger partial charge >= 0.3 is 0 Å². The predicted molar refractivity (Wildman–Crippen MR) is 151 cm³/mol. The first kappa shape index (κ1) is 26.3. The highest BCUT2D eigenvalue weighted by Gasteiger charge is 2.15. The standard InChI is InChI=1S/C28H31ClN2OS2/c1-28(2,3)23-14-12-20(13-15-23)26(32)21-9-6-10-24(18-21)31-27(33)30-16-7-17-34-19-22-8-4-5-11-25(22)29/h4-6,8-15,18H,7,16-17,19H2,1-3H3,(H2,30,31,33). The van der Waals surface area contributed by atoms with Crippen molar-refractivity contribution in [2.45, 2.75) is 38.4 Å². The molecule has 178 valence electrons. The van der Waals surface area contributed by atoms with Crippen LogP contribution in [0.25, 0.3) is 0 Å². The van der Waals surface area contributed by atoms with E-state index in [9.17, 15) is 4.79 Å². The van der Waals surface area contributed by atoms with Crippen LogP contribution in [0.15, 0.2) is 72.8 Å². The van der Waals surface area contributed by atoms with E-state index >= 15 is 0 Å². The van der Waals surface area contributed by atoms with Gasteiger partial charge in [-0.1, -0.05) is 87.0 Å². The molecule has 3 rings (SSSR count). The molecule has 0 fully saturated rings. The van der Waals surface area contributed by atoms with Crippen LogP contribution in [-0.2, 0) is 11.2 Å². The molecule has 0 spiro atoms. The van der Waals surface area contributed by atoms with E-state index in [-0.39, 0.29) is 11.2 Å². The Labute approximate surface area is 217 Å². The molecular weight excluding hydrogens is 480 g/mol. The van der Waals surface area contributed by atoms with E-state index in [4.69, 9.17) is 23.8 Å². The van der Waals surface area contributed by atoms with Gasteiger partial charge in [-0.3, -0.25) is 4.79 Å². The minimum atomic E-state index is -0.00136. The van der Waals surface area contributed by atoms with Crippen molar-refractivity contribution in [2.75, 3.05) is 17.6 Å². The summed E-state index contributed by atoms with van der Waals surface area (Å²) in [5.41, 5.74) is 4.54. The van der Waals surface area contributed by atoms with Gasteiger partial charge in [0, 0.05) is 34.1 Å². The second-order valence-electron chi connectivity index (χ2n) is 9.12. The van der Waals surface area contributed by atoms with E-state index in [0.29, 0.717) is 16.2 Å². The van der Waals surface area contributed by atoms with Gasteiger partial charge in [-0.2, -0.15) is 11.8 Å². The summed E-state index contributed by atoms with van der Waals surface area (Å²) in [7, 11) is 0. The van der Waals surface area contributed by atoms with Gasteiger partial charge in [0.25, 0.3) is 0 Å². The fourth-order valence-electron chi connectivity index (χ4n) is 3.38. The van der Waals surface area contributed by atoms with E-state index in [1.165, 1.54) is 11.1 Å². The van der Waals surface area contributed by atoms with Gasteiger partial charge in [0.2, 0.25) is 0 Å². The number of anilines is 1. The molecule has 0 atom stereocenters. The quantitative estimate of drug-likeness (QED) is 0.177. The van der Waals surface area contributed by atoms with E-state index in [1.807, 2.05) is 78.5 Å². The summed E-state index contributed by atoms with van der Waals surface area (Å²) in [6, 6.07) is 23.3. The maximum atomic E-state index is 13.0. The first-order valence-corrected chi connectivity index (χ1v) is 13.3. The van der Waals surface area contributed by atoms with Crippen LogP contribution in [0.3, 0.4) is 0 Å². The minimum absolute atomic E-state index is 0.00136. The van der Waals surface area contributed by atoms with Crippen molar-refractivity contribution >= 4 is 52.2 Å². The van der Waals surface area contributed by atoms with Crippen LogP contribution in [0.2, 0.25) is 5.02 Å². The van der Waals surface area contributed by atoms with Crippen LogP contribution in [-0.4, -0.2) is 23.2 Å². The molecule has 0 aliphatic heterocycles. The molecule has 0 unspecified atom stereocenters. The van der Waals surface area contributed by atoms with Crippen LogP contribution in [0.4, 0.5) is 5.69 Å². The highest BCUT2D eigenvalue weighted by molar-refractivity contribution is 7.98. The van der Waals surface area contributed by atoms with Gasteiger partial charge < -0.3 is 10.6 Å². The Balaban J connectivity index is 1.45. The van der Waals surface area contributed by atoms with Gasteiger partial charge in [0.1, 0.15) is 0 Å². The van der Waals surface area contributed by atoms with Gasteiger partial charge in [-0.05, 0) is 59.1 Å². The summed E-state index contributed by atoms with van der Waals surface area (Å²) in [5, 5.41) is 7.80. The largest absolute Gasteiger partial charge is 0.362 e. The Bertz CT molecular complexity index is 1120. The lowest BCUT2D eigenvalue weighted by molar-refractivity contribution is 0.103. The molecule has 0 saturated heterocycles. The Morgan fingerprint density at radius 2 is 1.71 bits per heavy atom. The second-order valence-corrected chi connectivity index (χ2v) is 11.0. The van der Waals surface area contributed by atoms with Crippen molar-refractivity contribution in [3.05, 3.63) is 100 Å². The average molecular weight is 511 g/mol. The third kappa shape index (κ3) is 7.86. The highest BCUT2D eigenvalue weighted by Crippen LogP contribution is 2.24. The minimum Gasteiger partial charge on any atom is -0.362 e. The SMILES string of the molecule is CC(C)(C)c1ccc(C(=O)c2cccc(NC(=S)NCCCSCc3ccccc3Cl)c2)cc1. The second kappa shape index (κ2) is 12.4. The molecule has 0 heterocycles. The number of benzene rings is 3. The molecule has 0 radical (unpaired) electrons. The molecule has 34 heavy (non-hydrogen) atoms. The molecule has 0 aromatic heterocycles. The van der Waals surface area contributed by atoms with Crippen LogP contribution in [0, 0.1) is 0 Å². The molecule has 3 aromatic rings. The molecular formula is C28H31ClN2OS2. The molecule has 0 saturated carbocycles. The van der Waals surface area contributed by atoms with Crippen LogP contribution in [0.5, 0.6) is 0 Å². The monoisotopic (exact) mass is 510 g/mol. The van der Waals surface area contributed by atoms with E-state index in [1.54, 1.807) is 0 Å². The molecule has 0 amide bonds. The Morgan fingerprint density at radius 1 is 0.971 bits per heavy atom. The fraction of sp³-hybridized carbons (Fsp3) is 0.286. The summed E-state index contributed by atoms with van der Waals surface area (Å²) < 4.78 is 0. The number of hydrogen-bond acceptors (Lipinski definition) is 3. The van der Waals surface area contributed by atoms with E-state index in [0.717, 1.165) is 35.2 Å². The van der Waals surface area contributed by atoms with Crippen molar-refractivity contribution in [1.29, 1.82) is 0 Å². The van der Waals surface area contributed by atoms with Gasteiger partial charge in [0.05, 0.1) is 0 Å². The molecule has 0 aliphatic rings. The first-order chi connectivity index (χ1) is 16.2. The first-order valence-electron chi connectivity index (χ1n) is 11.4. The summed E-state index contributed by atoms with van der Waals surface area (Å²) in [4.78, 5) is 13.0. The zero-order valence-electron chi connectivity index (χ0n) is 19.9. The molecule has 0 bridgehead atoms. The van der Waals surface area contributed by atoms with Crippen molar-refractivity contribution in [3.8, 4) is 0 Å². The maximum absolute atomic E-state index is 13.0. The third-order valence-electron chi connectivity index (χ3n) is 5.36. The lowest BCUT2D eigenvalue weighted by atomic mass is 9.86. The Morgan fingerprint density at radius 3 is 2.41 bits per heavy atom. The lowest BCUT2D eigenvalue weighted by Crippen LogP contribution is -2.29. The fourth-order valence-corrected chi connectivity index (χ4v) is 4.84. The number of nitrogens with one attached hydrogen (secondary N) is 2. The smallest absolute Gasteiger partial charge is 0.193 e. The van der Waals surface area contributed by atoms with Crippen LogP contribution in [0.1, 0.15) is 54.2 Å². The van der Waals surface area contributed by atoms with Crippen molar-refractivity contribution in [3.63, 3.8) is 0 Å². The van der Waals surface area contributed by atoms with Crippen LogP contribution >= 0.6 is 35.6 Å². The van der Waals surface area contributed by atoms with Gasteiger partial charge in [-0.25, -0.2) is 0 Å². The molecule has 6 heteroatoms. The molecule has 2 N–H and O–H groups in total. The Kier molecular flexibility index (Phi) is 9.57. The van der Waals surface area contributed by atoms with Gasteiger partial charge in [-0.15, -0.1) is 0 Å². The Hall–Kier alpha value is -2.34. The number of thioether (sulfide) groups is 1. The van der Waals surface area contributed by atoms with E-state index in [2.05, 4.69) is 37.5 Å². The third-order valence-corrected chi connectivity index (χ3v) is 7.07. The normalized spacial score (nSPS) is 11.2. The topological polar surface area (TPSA) is 41.1 Å². The molecule has 3 aromatic carbocycles. The summed E-state index contributed by atoms with van der Waals surface area (Å²) in [6.07, 6.45) is 0.986. The number of hydrogen-bond donors (Lipinski definition) is 2. The maximum Gasteiger partial charge on any atom is 0.193 e. The average Bonchev–Trinajstić information content (AvgIpc) is 2.81. The number of ketones is 1. The zero-order chi connectivity index (χ0) is 24.6. The number of carbonyl (C=O) groups is 1. The van der Waals surface area contributed by atoms with E-state index < -0.39 is 0 Å². The van der Waals surface area contributed by atoms with Crippen molar-refractivity contribution in [1.82, 2.24) is 5.32 Å². The lowest BCUT2D eigenvalue weighted by Gasteiger charge is -2.19. The number of halogens is 1. The molecule has 3 nitrogen and oxygen atoms in total. The summed E-state index contributed by atoms with van der Waals surface area (Å²) in [5.74, 6) is 1.92. The zero-order valence-corrected chi connectivity index (χ0v) is 22.2. The highest BCUT2D eigenvalue weighted by atomic mass is 35.5. The summed E-state index contributed by atoms with van der Waals surface area (Å²) >= 11 is 13.5. The predicted octanol–water partition coefficient (Wildman–Crippen LogP) is 7.48. The number of rotatable bonds is 9.